The molecule has 0 aromatic carbocycles. The summed E-state index contributed by atoms with van der Waals surface area (Å²) in [4.78, 5) is 5.79. The van der Waals surface area contributed by atoms with Crippen LogP contribution in [0.1, 0.15) is 137 Å². The van der Waals surface area contributed by atoms with E-state index in [-0.39, 0.29) is 5.54 Å². The van der Waals surface area contributed by atoms with Crippen molar-refractivity contribution >= 4 is 50.4 Å². The average Bonchev–Trinajstić information content (AvgIpc) is 3.77. The van der Waals surface area contributed by atoms with Gasteiger partial charge in [0, 0.05) is 0 Å². The van der Waals surface area contributed by atoms with Crippen molar-refractivity contribution in [2.75, 3.05) is 0 Å². The van der Waals surface area contributed by atoms with Crippen LogP contribution in [-0.4, -0.2) is 21.8 Å². The third-order valence-corrected chi connectivity index (χ3v) is 23.2. The quantitative estimate of drug-likeness (QED) is 0.115. The van der Waals surface area contributed by atoms with E-state index in [1.54, 1.807) is 31.7 Å². The Morgan fingerprint density at radius 3 is 1.69 bits per heavy atom. The van der Waals surface area contributed by atoms with Crippen molar-refractivity contribution in [1.29, 1.82) is 0 Å². The summed E-state index contributed by atoms with van der Waals surface area (Å²) in [5, 5.41) is 0. The number of nitrogens with zero attached hydrogens (tertiary/aromatic N) is 1. The van der Waals surface area contributed by atoms with Gasteiger partial charge in [-0.25, -0.2) is 0 Å². The third kappa shape index (κ3) is 14.8. The molecule has 256 valence electrons. The average molecular weight is 893 g/mol. The zero-order valence-corrected chi connectivity index (χ0v) is 39.6. The molecule has 0 aliphatic heterocycles. The molecule has 0 bridgehead atoms. The van der Waals surface area contributed by atoms with Crippen molar-refractivity contribution < 1.29 is 41.7 Å². The molecular formula is C36H66Cl4NSi2Zr2+3. The van der Waals surface area contributed by atoms with Gasteiger partial charge in [0.1, 0.15) is 0 Å². The number of hydrogen-bond donors (Lipinski definition) is 0. The predicted octanol–water partition coefficient (Wildman–Crippen LogP) is 15.3. The molecule has 4 rings (SSSR count). The molecule has 3 fully saturated rings. The van der Waals surface area contributed by atoms with Crippen LogP contribution in [0.3, 0.4) is 0 Å². The van der Waals surface area contributed by atoms with Gasteiger partial charge in [0.25, 0.3) is 0 Å². The van der Waals surface area contributed by atoms with E-state index in [9.17, 15) is 0 Å². The van der Waals surface area contributed by atoms with Crippen molar-refractivity contribution in [2.45, 2.75) is 184 Å². The van der Waals surface area contributed by atoms with Gasteiger partial charge in [-0.2, -0.15) is 0 Å². The zero-order chi connectivity index (χ0) is 33.3. The van der Waals surface area contributed by atoms with Crippen LogP contribution in [0.5, 0.6) is 0 Å². The second-order valence-electron chi connectivity index (χ2n) is 16.2. The molecule has 3 saturated carbocycles. The van der Waals surface area contributed by atoms with Crippen LogP contribution in [0.2, 0.25) is 41.8 Å². The maximum atomic E-state index is 5.79. The predicted molar refractivity (Wildman–Crippen MR) is 204 cm³/mol. The molecule has 0 saturated heterocycles. The van der Waals surface area contributed by atoms with Crippen LogP contribution in [0, 0.1) is 17.8 Å². The van der Waals surface area contributed by atoms with Crippen LogP contribution in [0.4, 0.5) is 0 Å². The summed E-state index contributed by atoms with van der Waals surface area (Å²) in [6.45, 7) is 15.0. The summed E-state index contributed by atoms with van der Waals surface area (Å²) in [6, 6.07) is 3.07. The number of rotatable bonds is 15. The van der Waals surface area contributed by atoms with Crippen molar-refractivity contribution in [3.63, 3.8) is 0 Å². The van der Waals surface area contributed by atoms with Gasteiger partial charge in [-0.05, 0) is 35.3 Å². The summed E-state index contributed by atoms with van der Waals surface area (Å²) in [6.07, 6.45) is 35.4. The molecule has 4 aliphatic rings. The van der Waals surface area contributed by atoms with Gasteiger partial charge >= 0.3 is 75.7 Å². The summed E-state index contributed by atoms with van der Waals surface area (Å²) in [7, 11) is 16.9. The van der Waals surface area contributed by atoms with Gasteiger partial charge < -0.3 is 4.98 Å². The molecule has 5 unspecified atom stereocenters. The monoisotopic (exact) mass is 888 g/mol. The van der Waals surface area contributed by atoms with Crippen LogP contribution < -0.4 is 0 Å². The fourth-order valence-corrected chi connectivity index (χ4v) is 21.2. The summed E-state index contributed by atoms with van der Waals surface area (Å²) < 4.78 is 0. The number of unbranched alkanes of at least 4 members (excludes halogenated alkanes) is 5. The molecule has 0 aromatic heterocycles. The molecule has 0 heterocycles. The van der Waals surface area contributed by atoms with E-state index < -0.39 is 58.0 Å². The van der Waals surface area contributed by atoms with Crippen molar-refractivity contribution in [3.8, 4) is 0 Å². The standard InChI is InChI=1S/C36H66NSi2.4ClH.2Zr/c1-7-8-11-20-30-29-35(34-26-17-16-25-33(30)34)39(6,37-36(2,3)4)28-19-10-9-18-27-38(5,31-21-12-13-22-31)32-23-14-15-24-32;;;;;;/h16-17,25-26,30-35H,7-15,18-24,27-29H2,1-6H3;4*1H;;/q-1;;;;;2*+4/p-4. The van der Waals surface area contributed by atoms with Crippen molar-refractivity contribution in [1.82, 2.24) is 0 Å². The zero-order valence-electron chi connectivity index (χ0n) is 29.7. The molecule has 4 aliphatic carbocycles. The molecule has 0 radical (unpaired) electrons. The molecule has 0 N–H and O–H groups in total. The van der Waals surface area contributed by atoms with Crippen molar-refractivity contribution in [3.05, 3.63) is 29.3 Å². The topological polar surface area (TPSA) is 14.1 Å². The van der Waals surface area contributed by atoms with Gasteiger partial charge in [0.05, 0.1) is 8.07 Å². The Balaban J connectivity index is 0.00000109. The van der Waals surface area contributed by atoms with E-state index in [1.807, 2.05) is 0 Å². The van der Waals surface area contributed by atoms with Gasteiger partial charge in [-0.3, -0.25) is 0 Å². The Kier molecular flexibility index (Phi) is 22.8. The molecule has 0 aromatic rings. The molecule has 5 atom stereocenters. The van der Waals surface area contributed by atoms with E-state index in [2.05, 4.69) is 65.1 Å². The van der Waals surface area contributed by atoms with E-state index in [0.717, 1.165) is 23.3 Å². The number of allylic oxidation sites excluding steroid dienone is 4. The summed E-state index contributed by atoms with van der Waals surface area (Å²) in [5.74, 6) is 2.44. The van der Waals surface area contributed by atoms with Crippen LogP contribution in [0.25, 0.3) is 4.98 Å². The van der Waals surface area contributed by atoms with E-state index in [1.165, 1.54) is 101 Å². The summed E-state index contributed by atoms with van der Waals surface area (Å²) in [5.41, 5.74) is 3.27. The van der Waals surface area contributed by atoms with E-state index in [4.69, 9.17) is 39.0 Å². The second kappa shape index (κ2) is 23.4. The third-order valence-electron chi connectivity index (χ3n) is 12.1. The Hall–Kier alpha value is 2.80. The first kappa shape index (κ1) is 44.0. The first-order valence-electron chi connectivity index (χ1n) is 18.5. The van der Waals surface area contributed by atoms with Crippen LogP contribution in [0.15, 0.2) is 24.3 Å². The van der Waals surface area contributed by atoms with E-state index in [0.29, 0.717) is 0 Å². The van der Waals surface area contributed by atoms with Gasteiger partial charge in [-0.15, -0.1) is 5.54 Å². The molecule has 1 nitrogen and oxygen atoms in total. The normalized spacial score (nSPS) is 26.3. The number of halogens is 4. The van der Waals surface area contributed by atoms with Crippen molar-refractivity contribution in [2.24, 2.45) is 17.8 Å². The summed E-state index contributed by atoms with van der Waals surface area (Å²) >= 11 is -1.65. The number of hydrogen-bond acceptors (Lipinski definition) is 0. The Morgan fingerprint density at radius 2 is 1.20 bits per heavy atom. The first-order valence-corrected chi connectivity index (χ1v) is 36.8. The van der Waals surface area contributed by atoms with Gasteiger partial charge in [-0.1, -0.05) is 194 Å². The van der Waals surface area contributed by atoms with Crippen LogP contribution >= 0.6 is 34.1 Å². The molecule has 45 heavy (non-hydrogen) atoms. The fraction of sp³-hybridized carbons (Fsp3) is 0.889. The molecule has 0 amide bonds. The number of fused-ring (bicyclic) bond motifs is 1. The van der Waals surface area contributed by atoms with Crippen LogP contribution in [-0.2, 0) is 41.7 Å². The Morgan fingerprint density at radius 1 is 0.711 bits per heavy atom. The van der Waals surface area contributed by atoms with Gasteiger partial charge in [0.2, 0.25) is 0 Å². The molecule has 9 heteroatoms. The molecular weight excluding hydrogens is 827 g/mol. The first-order chi connectivity index (χ1) is 21.5. The second-order valence-corrected chi connectivity index (χ2v) is 33.0. The minimum absolute atomic E-state index is 0.0982. The van der Waals surface area contributed by atoms with E-state index >= 15 is 0 Å². The maximum absolute atomic E-state index is 5.79. The fourth-order valence-electron chi connectivity index (χ4n) is 10.1. The Labute approximate surface area is 319 Å². The van der Waals surface area contributed by atoms with Gasteiger partial charge in [0.15, 0.2) is 0 Å². The minimum atomic E-state index is -1.74. The Bertz CT molecular complexity index is 827. The SMILES string of the molecule is CCCCCC1CC([Si](C)(CCCCCC[Si](C)(C2CCCC2)C2CCCC2)[N-]C(C)(C)C)C2C=CC=CC12.[Cl][Zr+2][Cl].[Cl][Zr+2][Cl]. The molecule has 0 spiro atoms.